The highest BCUT2D eigenvalue weighted by molar-refractivity contribution is 7.13. The fourth-order valence-corrected chi connectivity index (χ4v) is 4.27. The Balaban J connectivity index is 1.33. The molecule has 0 radical (unpaired) electrons. The van der Waals surface area contributed by atoms with Crippen molar-refractivity contribution in [2.75, 3.05) is 5.32 Å². The fraction of sp³-hybridized carbons (Fsp3) is 0.0833. The van der Waals surface area contributed by atoms with E-state index in [0.717, 1.165) is 21.9 Å². The molecule has 1 N–H and O–H groups in total. The molecule has 0 aliphatic heterocycles. The van der Waals surface area contributed by atoms with Crippen LogP contribution in [-0.4, -0.2) is 10.9 Å². The molecule has 1 amide bonds. The Kier molecular flexibility index (Phi) is 4.88. The number of hydrogen-bond acceptors (Lipinski definition) is 5. The van der Waals surface area contributed by atoms with Gasteiger partial charge in [0.25, 0.3) is 5.91 Å². The van der Waals surface area contributed by atoms with Crippen LogP contribution in [0.15, 0.2) is 71.1 Å². The normalized spacial score (nSPS) is 11.2. The molecule has 0 fully saturated rings. The first-order valence-corrected chi connectivity index (χ1v) is 10.5. The Morgan fingerprint density at radius 2 is 1.84 bits per heavy atom. The number of carbonyl (C=O) groups is 1. The van der Waals surface area contributed by atoms with Crippen molar-refractivity contribution in [1.82, 2.24) is 4.98 Å². The number of para-hydroxylation sites is 1. The minimum Gasteiger partial charge on any atom is -0.486 e. The highest BCUT2D eigenvalue weighted by Gasteiger charge is 2.17. The number of aryl methyl sites for hydroxylation is 1. The van der Waals surface area contributed by atoms with Crippen molar-refractivity contribution < 1.29 is 18.3 Å². The zero-order valence-electron chi connectivity index (χ0n) is 16.5. The van der Waals surface area contributed by atoms with Crippen molar-refractivity contribution >= 4 is 44.9 Å². The average Bonchev–Trinajstić information content (AvgIpc) is 3.33. The van der Waals surface area contributed by atoms with Crippen molar-refractivity contribution in [2.45, 2.75) is 13.5 Å². The molecule has 0 atom stereocenters. The zero-order valence-corrected chi connectivity index (χ0v) is 17.3. The smallest absolute Gasteiger partial charge is 0.267 e. The molecule has 0 spiro atoms. The van der Waals surface area contributed by atoms with E-state index in [2.05, 4.69) is 10.3 Å². The number of fused-ring (bicyclic) bond motifs is 3. The number of hydrogen-bond donors (Lipinski definition) is 1. The number of ether oxygens (including phenoxy) is 1. The van der Waals surface area contributed by atoms with Gasteiger partial charge >= 0.3 is 0 Å². The summed E-state index contributed by atoms with van der Waals surface area (Å²) >= 11 is 1.28. The molecule has 5 aromatic rings. The topological polar surface area (TPSA) is 64.4 Å². The van der Waals surface area contributed by atoms with Gasteiger partial charge in [-0.25, -0.2) is 9.37 Å². The first-order valence-electron chi connectivity index (χ1n) is 9.64. The van der Waals surface area contributed by atoms with E-state index in [1.54, 1.807) is 19.1 Å². The van der Waals surface area contributed by atoms with Crippen molar-refractivity contribution in [3.8, 4) is 5.75 Å². The summed E-state index contributed by atoms with van der Waals surface area (Å²) in [5.41, 5.74) is 2.90. The van der Waals surface area contributed by atoms with Crippen LogP contribution in [0, 0.1) is 12.7 Å². The number of rotatable bonds is 5. The molecular formula is C24H17FN2O3S. The summed E-state index contributed by atoms with van der Waals surface area (Å²) in [6, 6.07) is 19.2. The number of benzene rings is 3. The highest BCUT2D eigenvalue weighted by atomic mass is 32.1. The Bertz CT molecular complexity index is 1410. The summed E-state index contributed by atoms with van der Waals surface area (Å²) in [6.45, 7) is 2.00. The summed E-state index contributed by atoms with van der Waals surface area (Å²) in [5, 5.41) is 5.57. The number of nitrogens with zero attached hydrogens (tertiary/aromatic N) is 1. The molecule has 2 heterocycles. The van der Waals surface area contributed by atoms with Gasteiger partial charge in [-0.3, -0.25) is 4.79 Å². The maximum absolute atomic E-state index is 13.0. The number of nitrogens with one attached hydrogen (secondary N) is 1. The van der Waals surface area contributed by atoms with Gasteiger partial charge in [0.1, 0.15) is 39.2 Å². The van der Waals surface area contributed by atoms with Crippen molar-refractivity contribution in [3.63, 3.8) is 0 Å². The average molecular weight is 432 g/mol. The Morgan fingerprint density at radius 1 is 1.06 bits per heavy atom. The van der Waals surface area contributed by atoms with Crippen LogP contribution in [0.4, 0.5) is 10.1 Å². The third-order valence-corrected chi connectivity index (χ3v) is 5.99. The molecule has 5 rings (SSSR count). The number of anilines is 1. The summed E-state index contributed by atoms with van der Waals surface area (Å²) < 4.78 is 24.5. The molecule has 0 aliphatic carbocycles. The van der Waals surface area contributed by atoms with Crippen LogP contribution in [0.5, 0.6) is 5.75 Å². The van der Waals surface area contributed by atoms with E-state index in [0.29, 0.717) is 27.0 Å². The second-order valence-electron chi connectivity index (χ2n) is 7.03. The van der Waals surface area contributed by atoms with Crippen molar-refractivity contribution in [2.24, 2.45) is 0 Å². The number of aromatic nitrogens is 1. The van der Waals surface area contributed by atoms with Gasteiger partial charge in [0, 0.05) is 16.5 Å². The van der Waals surface area contributed by atoms with E-state index in [1.807, 2.05) is 42.5 Å². The van der Waals surface area contributed by atoms with Crippen LogP contribution < -0.4 is 10.1 Å². The predicted octanol–water partition coefficient (Wildman–Crippen LogP) is 6.32. The lowest BCUT2D eigenvalue weighted by molar-refractivity contribution is 0.103. The molecule has 154 valence electrons. The second kappa shape index (κ2) is 7.85. The van der Waals surface area contributed by atoms with E-state index < -0.39 is 0 Å². The summed E-state index contributed by atoms with van der Waals surface area (Å²) in [7, 11) is 0. The van der Waals surface area contributed by atoms with Gasteiger partial charge in [0.2, 0.25) is 0 Å². The first kappa shape index (κ1) is 19.3. The van der Waals surface area contributed by atoms with Gasteiger partial charge in [-0.2, -0.15) is 0 Å². The monoisotopic (exact) mass is 432 g/mol. The molecular weight excluding hydrogens is 415 g/mol. The molecule has 0 unspecified atom stereocenters. The van der Waals surface area contributed by atoms with Crippen LogP contribution >= 0.6 is 11.3 Å². The Morgan fingerprint density at radius 3 is 2.68 bits per heavy atom. The molecule has 0 aliphatic rings. The minimum absolute atomic E-state index is 0.206. The molecule has 0 saturated carbocycles. The largest absolute Gasteiger partial charge is 0.486 e. The van der Waals surface area contributed by atoms with Crippen LogP contribution in [0.2, 0.25) is 0 Å². The van der Waals surface area contributed by atoms with Gasteiger partial charge < -0.3 is 14.5 Å². The van der Waals surface area contributed by atoms with Crippen LogP contribution in [0.1, 0.15) is 20.4 Å². The number of amides is 1. The van der Waals surface area contributed by atoms with E-state index in [4.69, 9.17) is 9.15 Å². The molecule has 5 nitrogen and oxygen atoms in total. The van der Waals surface area contributed by atoms with Crippen LogP contribution in [-0.2, 0) is 6.61 Å². The van der Waals surface area contributed by atoms with Gasteiger partial charge in [0.05, 0.1) is 5.69 Å². The summed E-state index contributed by atoms with van der Waals surface area (Å²) in [6.07, 6.45) is 0. The van der Waals surface area contributed by atoms with E-state index >= 15 is 0 Å². The number of furan rings is 1. The predicted molar refractivity (Wildman–Crippen MR) is 119 cm³/mol. The maximum Gasteiger partial charge on any atom is 0.267 e. The Labute approximate surface area is 181 Å². The number of carbonyl (C=O) groups excluding carboxylic acids is 1. The van der Waals surface area contributed by atoms with Crippen LogP contribution in [0.25, 0.3) is 21.9 Å². The quantitative estimate of drug-likeness (QED) is 0.353. The molecule has 7 heteroatoms. The maximum atomic E-state index is 13.0. The SMILES string of the molecule is Cc1nc(COc2ccc(F)cc2)sc1C(=O)Nc1ccc2oc3ccccc3c2c1. The molecule has 2 aromatic heterocycles. The van der Waals surface area contributed by atoms with E-state index in [9.17, 15) is 9.18 Å². The van der Waals surface area contributed by atoms with Gasteiger partial charge in [-0.1, -0.05) is 18.2 Å². The molecule has 31 heavy (non-hydrogen) atoms. The zero-order chi connectivity index (χ0) is 21.4. The Hall–Kier alpha value is -3.71. The highest BCUT2D eigenvalue weighted by Crippen LogP contribution is 2.31. The van der Waals surface area contributed by atoms with Gasteiger partial charge in [-0.15, -0.1) is 11.3 Å². The van der Waals surface area contributed by atoms with Gasteiger partial charge in [0.15, 0.2) is 0 Å². The van der Waals surface area contributed by atoms with E-state index in [-0.39, 0.29) is 18.3 Å². The lowest BCUT2D eigenvalue weighted by atomic mass is 10.1. The van der Waals surface area contributed by atoms with Crippen LogP contribution in [0.3, 0.4) is 0 Å². The third kappa shape index (κ3) is 3.87. The standard InChI is InChI=1S/C24H17FN2O3S/c1-14-23(31-22(26-14)13-29-17-9-6-15(25)7-10-17)24(28)27-16-8-11-21-19(12-16)18-4-2-3-5-20(18)30-21/h2-12H,13H2,1H3,(H,27,28). The molecule has 0 saturated heterocycles. The second-order valence-corrected chi connectivity index (χ2v) is 8.11. The number of halogens is 1. The minimum atomic E-state index is -0.321. The van der Waals surface area contributed by atoms with Gasteiger partial charge in [-0.05, 0) is 55.5 Å². The summed E-state index contributed by atoms with van der Waals surface area (Å²) in [4.78, 5) is 17.8. The number of thiazole rings is 1. The molecule has 0 bridgehead atoms. The first-order chi connectivity index (χ1) is 15.1. The fourth-order valence-electron chi connectivity index (χ4n) is 3.39. The van der Waals surface area contributed by atoms with Crippen molar-refractivity contribution in [3.05, 3.63) is 88.1 Å². The third-order valence-electron chi connectivity index (χ3n) is 4.86. The molecule has 3 aromatic carbocycles. The van der Waals surface area contributed by atoms with Crippen molar-refractivity contribution in [1.29, 1.82) is 0 Å². The van der Waals surface area contributed by atoms with E-state index in [1.165, 1.54) is 23.5 Å². The lowest BCUT2D eigenvalue weighted by Gasteiger charge is -2.04. The summed E-state index contributed by atoms with van der Waals surface area (Å²) in [5.74, 6) is -0.00548. The lowest BCUT2D eigenvalue weighted by Crippen LogP contribution is -2.11.